The first-order chi connectivity index (χ1) is 9.86. The van der Waals surface area contributed by atoms with Crippen molar-refractivity contribution in [2.24, 2.45) is 0 Å². The minimum Gasteiger partial charge on any atom is -0.477 e. The summed E-state index contributed by atoms with van der Waals surface area (Å²) in [7, 11) is 0. The number of nitrogens with zero attached hydrogens (tertiary/aromatic N) is 1. The molecule has 1 aromatic carbocycles. The number of unbranched alkanes of at least 4 members (excludes halogenated alkanes) is 2. The zero-order valence-electron chi connectivity index (χ0n) is 12.5. The van der Waals surface area contributed by atoms with Crippen LogP contribution in [-0.2, 0) is 6.54 Å². The molecule has 0 aliphatic carbocycles. The Labute approximate surface area is 121 Å². The molecule has 2 rings (SSSR count). The zero-order chi connectivity index (χ0) is 14.2. The molecule has 0 unspecified atom stereocenters. The highest BCUT2D eigenvalue weighted by Crippen LogP contribution is 2.26. The molecule has 1 N–H and O–H groups in total. The molecule has 0 spiro atoms. The van der Waals surface area contributed by atoms with Gasteiger partial charge in [0.05, 0.1) is 6.61 Å². The fourth-order valence-electron chi connectivity index (χ4n) is 2.26. The van der Waals surface area contributed by atoms with Gasteiger partial charge in [-0.15, -0.1) is 0 Å². The molecule has 20 heavy (non-hydrogen) atoms. The molecular formula is C17H24N2O. The third-order valence-electron chi connectivity index (χ3n) is 3.39. The molecule has 0 fully saturated rings. The first kappa shape index (κ1) is 14.8. The van der Waals surface area contributed by atoms with Gasteiger partial charge in [0.25, 0.3) is 0 Å². The summed E-state index contributed by atoms with van der Waals surface area (Å²) in [6.45, 7) is 6.87. The Morgan fingerprint density at radius 2 is 1.90 bits per heavy atom. The van der Waals surface area contributed by atoms with Gasteiger partial charge in [-0.2, -0.15) is 0 Å². The predicted molar refractivity (Wildman–Crippen MR) is 84.1 cm³/mol. The van der Waals surface area contributed by atoms with Gasteiger partial charge in [0.1, 0.15) is 0 Å². The van der Waals surface area contributed by atoms with E-state index in [4.69, 9.17) is 4.74 Å². The van der Waals surface area contributed by atoms with Crippen molar-refractivity contribution in [1.29, 1.82) is 0 Å². The lowest BCUT2D eigenvalue weighted by atomic mass is 10.1. The summed E-state index contributed by atoms with van der Waals surface area (Å²) in [5.41, 5.74) is 1.23. The Balaban J connectivity index is 2.19. The van der Waals surface area contributed by atoms with Crippen LogP contribution in [-0.4, -0.2) is 18.1 Å². The maximum atomic E-state index is 5.85. The summed E-state index contributed by atoms with van der Waals surface area (Å²) >= 11 is 0. The molecule has 1 heterocycles. The SMILES string of the molecule is CCCCCOc1ncc(CNCC)c2ccccc12. The standard InChI is InChI=1S/C17H24N2O/c1-3-5-8-11-20-17-16-10-7-6-9-15(16)14(13-19-17)12-18-4-2/h6-7,9-10,13,18H,3-5,8,11-12H2,1-2H3. The van der Waals surface area contributed by atoms with E-state index in [-0.39, 0.29) is 0 Å². The second-order valence-corrected chi connectivity index (χ2v) is 4.97. The predicted octanol–water partition coefficient (Wildman–Crippen LogP) is 3.91. The summed E-state index contributed by atoms with van der Waals surface area (Å²) in [6, 6.07) is 8.34. The molecule has 0 saturated heterocycles. The van der Waals surface area contributed by atoms with Gasteiger partial charge in [0.2, 0.25) is 5.88 Å². The smallest absolute Gasteiger partial charge is 0.221 e. The number of fused-ring (bicyclic) bond motifs is 1. The van der Waals surface area contributed by atoms with Gasteiger partial charge in [-0.25, -0.2) is 4.98 Å². The molecule has 0 amide bonds. The topological polar surface area (TPSA) is 34.1 Å². The minimum absolute atomic E-state index is 0.747. The third-order valence-corrected chi connectivity index (χ3v) is 3.39. The van der Waals surface area contributed by atoms with Gasteiger partial charge >= 0.3 is 0 Å². The van der Waals surface area contributed by atoms with Crippen molar-refractivity contribution in [3.8, 4) is 5.88 Å². The Hall–Kier alpha value is -1.61. The lowest BCUT2D eigenvalue weighted by Gasteiger charge is -2.11. The number of ether oxygens (including phenoxy) is 1. The largest absolute Gasteiger partial charge is 0.477 e. The van der Waals surface area contributed by atoms with E-state index in [1.807, 2.05) is 12.3 Å². The number of hydrogen-bond acceptors (Lipinski definition) is 3. The number of aromatic nitrogens is 1. The van der Waals surface area contributed by atoms with Crippen molar-refractivity contribution >= 4 is 10.8 Å². The summed E-state index contributed by atoms with van der Waals surface area (Å²) < 4.78 is 5.85. The van der Waals surface area contributed by atoms with Crippen molar-refractivity contribution < 1.29 is 4.74 Å². The van der Waals surface area contributed by atoms with Gasteiger partial charge in [-0.1, -0.05) is 44.9 Å². The molecule has 108 valence electrons. The zero-order valence-corrected chi connectivity index (χ0v) is 12.5. The maximum Gasteiger partial charge on any atom is 0.221 e. The molecule has 0 radical (unpaired) electrons. The molecule has 0 saturated carbocycles. The quantitative estimate of drug-likeness (QED) is 0.740. The highest BCUT2D eigenvalue weighted by Gasteiger charge is 2.07. The summed E-state index contributed by atoms with van der Waals surface area (Å²) in [6.07, 6.45) is 5.43. The fourth-order valence-corrected chi connectivity index (χ4v) is 2.26. The van der Waals surface area contributed by atoms with Crippen LogP contribution in [0.5, 0.6) is 5.88 Å². The Morgan fingerprint density at radius 1 is 1.10 bits per heavy atom. The molecule has 0 aliphatic heterocycles. The monoisotopic (exact) mass is 272 g/mol. The number of hydrogen-bond donors (Lipinski definition) is 1. The molecule has 0 bridgehead atoms. The van der Waals surface area contributed by atoms with Gasteiger partial charge in [-0.05, 0) is 30.0 Å². The lowest BCUT2D eigenvalue weighted by molar-refractivity contribution is 0.298. The third kappa shape index (κ3) is 3.70. The first-order valence-corrected chi connectivity index (χ1v) is 7.57. The van der Waals surface area contributed by atoms with Crippen LogP contribution < -0.4 is 10.1 Å². The minimum atomic E-state index is 0.747. The Bertz CT molecular complexity index is 540. The van der Waals surface area contributed by atoms with Crippen LogP contribution in [0.25, 0.3) is 10.8 Å². The van der Waals surface area contributed by atoms with E-state index in [2.05, 4.69) is 42.3 Å². The summed E-state index contributed by atoms with van der Waals surface area (Å²) in [5.74, 6) is 0.761. The van der Waals surface area contributed by atoms with Gasteiger partial charge < -0.3 is 10.1 Å². The molecule has 3 heteroatoms. The number of nitrogens with one attached hydrogen (secondary N) is 1. The van der Waals surface area contributed by atoms with E-state index < -0.39 is 0 Å². The summed E-state index contributed by atoms with van der Waals surface area (Å²) in [5, 5.41) is 5.70. The number of pyridine rings is 1. The second kappa shape index (κ2) is 7.85. The fraction of sp³-hybridized carbons (Fsp3) is 0.471. The lowest BCUT2D eigenvalue weighted by Crippen LogP contribution is -2.12. The van der Waals surface area contributed by atoms with Crippen LogP contribution in [0.4, 0.5) is 0 Å². The van der Waals surface area contributed by atoms with Gasteiger partial charge in [0, 0.05) is 18.1 Å². The average Bonchev–Trinajstić information content (AvgIpc) is 2.50. The average molecular weight is 272 g/mol. The van der Waals surface area contributed by atoms with Crippen LogP contribution in [0.3, 0.4) is 0 Å². The number of benzene rings is 1. The van der Waals surface area contributed by atoms with Gasteiger partial charge in [-0.3, -0.25) is 0 Å². The van der Waals surface area contributed by atoms with Crippen LogP contribution in [0, 0.1) is 0 Å². The normalized spacial score (nSPS) is 10.9. The van der Waals surface area contributed by atoms with Gasteiger partial charge in [0.15, 0.2) is 0 Å². The van der Waals surface area contributed by atoms with Crippen molar-refractivity contribution in [2.45, 2.75) is 39.7 Å². The number of rotatable bonds is 8. The molecule has 0 atom stereocenters. The van der Waals surface area contributed by atoms with E-state index >= 15 is 0 Å². The Morgan fingerprint density at radius 3 is 2.65 bits per heavy atom. The molecule has 1 aromatic heterocycles. The van der Waals surface area contributed by atoms with Crippen molar-refractivity contribution in [1.82, 2.24) is 10.3 Å². The first-order valence-electron chi connectivity index (χ1n) is 7.57. The highest BCUT2D eigenvalue weighted by atomic mass is 16.5. The molecule has 0 aliphatic rings. The van der Waals surface area contributed by atoms with Crippen molar-refractivity contribution in [3.05, 3.63) is 36.0 Å². The highest BCUT2D eigenvalue weighted by molar-refractivity contribution is 5.89. The van der Waals surface area contributed by atoms with E-state index in [1.54, 1.807) is 0 Å². The van der Waals surface area contributed by atoms with E-state index in [0.29, 0.717) is 0 Å². The molecular weight excluding hydrogens is 248 g/mol. The molecule has 3 nitrogen and oxygen atoms in total. The van der Waals surface area contributed by atoms with Crippen LogP contribution in [0.15, 0.2) is 30.5 Å². The van der Waals surface area contributed by atoms with Crippen LogP contribution >= 0.6 is 0 Å². The maximum absolute atomic E-state index is 5.85. The van der Waals surface area contributed by atoms with E-state index in [0.717, 1.165) is 37.4 Å². The Kier molecular flexibility index (Phi) is 5.81. The van der Waals surface area contributed by atoms with Crippen LogP contribution in [0.2, 0.25) is 0 Å². The van der Waals surface area contributed by atoms with Crippen molar-refractivity contribution in [2.75, 3.05) is 13.2 Å². The van der Waals surface area contributed by atoms with E-state index in [9.17, 15) is 0 Å². The molecule has 2 aromatic rings. The van der Waals surface area contributed by atoms with Crippen LogP contribution in [0.1, 0.15) is 38.7 Å². The second-order valence-electron chi connectivity index (χ2n) is 4.97. The summed E-state index contributed by atoms with van der Waals surface area (Å²) in [4.78, 5) is 4.50. The van der Waals surface area contributed by atoms with E-state index in [1.165, 1.54) is 23.8 Å². The van der Waals surface area contributed by atoms with Crippen molar-refractivity contribution in [3.63, 3.8) is 0 Å².